The zero-order valence-electron chi connectivity index (χ0n) is 9.34. The predicted octanol–water partition coefficient (Wildman–Crippen LogP) is 1.57. The lowest BCUT2D eigenvalue weighted by Gasteiger charge is -2.31. The van der Waals surface area contributed by atoms with Gasteiger partial charge in [-0.1, -0.05) is 30.3 Å². The monoisotopic (exact) mass is 251 g/mol. The number of benzene rings is 1. The Kier molecular flexibility index (Phi) is 3.53. The van der Waals surface area contributed by atoms with Crippen molar-refractivity contribution in [1.29, 1.82) is 0 Å². The van der Waals surface area contributed by atoms with Gasteiger partial charge in [0.05, 0.1) is 6.54 Å². The van der Waals surface area contributed by atoms with Gasteiger partial charge in [0.25, 0.3) is 0 Å². The molecule has 0 saturated carbocycles. The van der Waals surface area contributed by atoms with Crippen molar-refractivity contribution in [2.75, 3.05) is 6.26 Å². The van der Waals surface area contributed by atoms with Gasteiger partial charge in [-0.15, -0.1) is 11.8 Å². The van der Waals surface area contributed by atoms with E-state index in [0.29, 0.717) is 0 Å². The molecule has 4 amide bonds. The van der Waals surface area contributed by atoms with Gasteiger partial charge >= 0.3 is 12.1 Å². The minimum Gasteiger partial charge on any atom is -0.308 e. The second kappa shape index (κ2) is 5.09. The van der Waals surface area contributed by atoms with E-state index in [1.54, 1.807) is 0 Å². The van der Waals surface area contributed by atoms with Gasteiger partial charge in [-0.25, -0.2) is 14.5 Å². The smallest absolute Gasteiger partial charge is 0.308 e. The highest BCUT2D eigenvalue weighted by Gasteiger charge is 2.30. The molecule has 1 aromatic carbocycles. The van der Waals surface area contributed by atoms with E-state index in [2.05, 4.69) is 10.6 Å². The molecule has 0 bridgehead atoms. The highest BCUT2D eigenvalue weighted by Crippen LogP contribution is 2.11. The number of carbonyl (C=O) groups is 2. The zero-order chi connectivity index (χ0) is 12.3. The van der Waals surface area contributed by atoms with Crippen molar-refractivity contribution in [2.24, 2.45) is 0 Å². The van der Waals surface area contributed by atoms with Gasteiger partial charge in [0, 0.05) is 0 Å². The molecule has 1 aliphatic heterocycles. The average Bonchev–Trinajstić information content (AvgIpc) is 2.35. The third kappa shape index (κ3) is 2.71. The van der Waals surface area contributed by atoms with Crippen LogP contribution in [0.15, 0.2) is 30.3 Å². The fourth-order valence-corrected chi connectivity index (χ4v) is 1.97. The highest BCUT2D eigenvalue weighted by molar-refractivity contribution is 7.99. The summed E-state index contributed by atoms with van der Waals surface area (Å²) in [6, 6.07) is 8.67. The Balaban J connectivity index is 2.07. The Labute approximate surface area is 104 Å². The topological polar surface area (TPSA) is 61.4 Å². The molecule has 0 aromatic heterocycles. The second-order valence-corrected chi connectivity index (χ2v) is 4.53. The number of amides is 4. The molecule has 1 saturated heterocycles. The number of rotatable bonds is 3. The lowest BCUT2D eigenvalue weighted by Crippen LogP contribution is -2.61. The number of hydrogen-bond acceptors (Lipinski definition) is 3. The Morgan fingerprint density at radius 3 is 2.29 bits per heavy atom. The van der Waals surface area contributed by atoms with Crippen LogP contribution in [0.4, 0.5) is 9.59 Å². The molecule has 0 atom stereocenters. The molecule has 6 heteroatoms. The van der Waals surface area contributed by atoms with Crippen LogP contribution in [0, 0.1) is 0 Å². The molecule has 0 radical (unpaired) electrons. The summed E-state index contributed by atoms with van der Waals surface area (Å²) in [5.74, 6) is 0. The van der Waals surface area contributed by atoms with Gasteiger partial charge in [0.2, 0.25) is 0 Å². The number of nitrogens with one attached hydrogen (secondary N) is 2. The van der Waals surface area contributed by atoms with E-state index in [0.717, 1.165) is 10.5 Å². The lowest BCUT2D eigenvalue weighted by molar-refractivity contribution is 0.170. The molecule has 1 fully saturated rings. The molecule has 1 aliphatic rings. The molecule has 0 unspecified atom stereocenters. The van der Waals surface area contributed by atoms with Crippen molar-refractivity contribution < 1.29 is 9.59 Å². The number of nitrogens with zero attached hydrogens (tertiary/aromatic N) is 1. The molecule has 5 nitrogen and oxygen atoms in total. The average molecular weight is 251 g/mol. The van der Waals surface area contributed by atoms with Crippen molar-refractivity contribution in [1.82, 2.24) is 15.5 Å². The number of hydrogen-bond donors (Lipinski definition) is 2. The summed E-state index contributed by atoms with van der Waals surface area (Å²) < 4.78 is 0. The lowest BCUT2D eigenvalue weighted by atomic mass is 10.2. The van der Waals surface area contributed by atoms with Crippen LogP contribution in [0.5, 0.6) is 0 Å². The minimum atomic E-state index is -0.364. The molecule has 90 valence electrons. The van der Waals surface area contributed by atoms with Gasteiger partial charge < -0.3 is 10.6 Å². The van der Waals surface area contributed by atoms with Crippen molar-refractivity contribution in [3.05, 3.63) is 35.9 Å². The van der Waals surface area contributed by atoms with Crippen molar-refractivity contribution in [3.63, 3.8) is 0 Å². The number of urea groups is 2. The Hall–Kier alpha value is -1.69. The summed E-state index contributed by atoms with van der Waals surface area (Å²) in [6.45, 7) is 0.277. The second-order valence-electron chi connectivity index (χ2n) is 3.59. The Bertz CT molecular complexity index is 406. The third-order valence-corrected chi connectivity index (χ3v) is 3.13. The molecule has 0 aliphatic carbocycles. The quantitative estimate of drug-likeness (QED) is 0.857. The van der Waals surface area contributed by atoms with Crippen LogP contribution in [0.25, 0.3) is 0 Å². The van der Waals surface area contributed by atoms with Crippen LogP contribution in [0.2, 0.25) is 0 Å². The minimum absolute atomic E-state index is 0.277. The maximum Gasteiger partial charge on any atom is 0.328 e. The molecule has 0 spiro atoms. The van der Waals surface area contributed by atoms with Crippen LogP contribution in [-0.2, 0) is 6.54 Å². The summed E-state index contributed by atoms with van der Waals surface area (Å²) in [4.78, 5) is 24.6. The van der Waals surface area contributed by atoms with Gasteiger partial charge in [0.1, 0.15) is 0 Å². The van der Waals surface area contributed by atoms with Gasteiger partial charge in [-0.2, -0.15) is 0 Å². The summed E-state index contributed by atoms with van der Waals surface area (Å²) in [5.41, 5.74) is 0.572. The summed E-state index contributed by atoms with van der Waals surface area (Å²) in [5, 5.41) is 5.37. The zero-order valence-corrected chi connectivity index (χ0v) is 10.2. The molecular weight excluding hydrogens is 238 g/mol. The first kappa shape index (κ1) is 11.8. The first-order chi connectivity index (χ1) is 8.20. The van der Waals surface area contributed by atoms with Crippen LogP contribution in [0.1, 0.15) is 5.56 Å². The molecule has 1 heterocycles. The van der Waals surface area contributed by atoms with E-state index in [1.807, 2.05) is 36.6 Å². The Morgan fingerprint density at radius 1 is 1.18 bits per heavy atom. The largest absolute Gasteiger partial charge is 0.328 e. The fourth-order valence-electron chi connectivity index (χ4n) is 1.54. The number of imide groups is 1. The summed E-state index contributed by atoms with van der Waals surface area (Å²) >= 11 is 1.37. The van der Waals surface area contributed by atoms with Crippen molar-refractivity contribution >= 4 is 23.8 Å². The van der Waals surface area contributed by atoms with Gasteiger partial charge in [0.15, 0.2) is 5.50 Å². The highest BCUT2D eigenvalue weighted by atomic mass is 32.2. The standard InChI is InChI=1S/C11H13N3O2S/c1-17-9-12-10(15)14(11(16)13-9)7-8-5-3-2-4-6-8/h2-6,9H,7H2,1H3,(H,12,15)(H,13,16). The van der Waals surface area contributed by atoms with E-state index in [-0.39, 0.29) is 24.1 Å². The molecular formula is C11H13N3O2S. The maximum absolute atomic E-state index is 11.7. The summed E-state index contributed by atoms with van der Waals surface area (Å²) in [6.07, 6.45) is 1.82. The van der Waals surface area contributed by atoms with E-state index in [4.69, 9.17) is 0 Å². The van der Waals surface area contributed by atoms with Crippen molar-refractivity contribution in [2.45, 2.75) is 12.0 Å². The first-order valence-corrected chi connectivity index (χ1v) is 6.45. The Morgan fingerprint density at radius 2 is 1.76 bits per heavy atom. The van der Waals surface area contributed by atoms with E-state index < -0.39 is 0 Å². The van der Waals surface area contributed by atoms with E-state index in [9.17, 15) is 9.59 Å². The molecule has 17 heavy (non-hydrogen) atoms. The number of thioether (sulfide) groups is 1. The van der Waals surface area contributed by atoms with Crippen molar-refractivity contribution in [3.8, 4) is 0 Å². The van der Waals surface area contributed by atoms with Crippen LogP contribution in [0.3, 0.4) is 0 Å². The number of carbonyl (C=O) groups excluding carboxylic acids is 2. The van der Waals surface area contributed by atoms with Crippen LogP contribution < -0.4 is 10.6 Å². The maximum atomic E-state index is 11.7. The molecule has 1 aromatic rings. The molecule has 2 rings (SSSR count). The van der Waals surface area contributed by atoms with E-state index >= 15 is 0 Å². The van der Waals surface area contributed by atoms with Crippen LogP contribution in [-0.4, -0.2) is 28.7 Å². The summed E-state index contributed by atoms with van der Waals surface area (Å²) in [7, 11) is 0. The fraction of sp³-hybridized carbons (Fsp3) is 0.273. The third-order valence-electron chi connectivity index (χ3n) is 2.42. The normalized spacial score (nSPS) is 16.6. The van der Waals surface area contributed by atoms with E-state index in [1.165, 1.54) is 11.8 Å². The van der Waals surface area contributed by atoms with Gasteiger partial charge in [-0.3, -0.25) is 0 Å². The first-order valence-electron chi connectivity index (χ1n) is 5.16. The molecule has 2 N–H and O–H groups in total. The van der Waals surface area contributed by atoms with Crippen LogP contribution >= 0.6 is 11.8 Å². The SMILES string of the molecule is CSC1NC(=O)N(Cc2ccccc2)C(=O)N1. The predicted molar refractivity (Wildman–Crippen MR) is 66.4 cm³/mol. The van der Waals surface area contributed by atoms with Gasteiger partial charge in [-0.05, 0) is 11.8 Å².